The maximum atomic E-state index is 14.0. The summed E-state index contributed by atoms with van der Waals surface area (Å²) < 4.78 is 15.6. The molecule has 0 unspecified atom stereocenters. The Morgan fingerprint density at radius 1 is 1.11 bits per heavy atom. The first-order valence-corrected chi connectivity index (χ1v) is 9.61. The molecule has 1 saturated heterocycles. The molecule has 1 aromatic carbocycles. The molecule has 1 N–H and O–H groups in total. The van der Waals surface area contributed by atoms with Crippen LogP contribution in [0.1, 0.15) is 36.7 Å². The topological polar surface area (TPSA) is 48.7 Å². The molecule has 146 valence electrons. The van der Waals surface area contributed by atoms with E-state index in [1.165, 1.54) is 12.1 Å². The summed E-state index contributed by atoms with van der Waals surface area (Å²) in [6.45, 7) is 10.6. The quantitative estimate of drug-likeness (QED) is 0.876. The summed E-state index contributed by atoms with van der Waals surface area (Å²) in [6.07, 6.45) is 0. The number of nitrogens with zero attached hydrogens (tertiary/aromatic N) is 3. The lowest BCUT2D eigenvalue weighted by molar-refractivity contribution is 0.111. The van der Waals surface area contributed by atoms with Gasteiger partial charge in [0.15, 0.2) is 0 Å². The van der Waals surface area contributed by atoms with E-state index in [2.05, 4.69) is 16.7 Å². The SMILES string of the molecule is CCN1CCN([C@@H](c2cccc(F)c2)c2c(O)cc(C)n(CC)c2=O)CC1. The number of benzene rings is 1. The summed E-state index contributed by atoms with van der Waals surface area (Å²) in [5.41, 5.74) is 1.54. The van der Waals surface area contributed by atoms with E-state index in [-0.39, 0.29) is 17.1 Å². The number of pyridine rings is 1. The average molecular weight is 373 g/mol. The second-order valence-corrected chi connectivity index (χ2v) is 7.06. The molecule has 3 rings (SSSR count). The smallest absolute Gasteiger partial charge is 0.259 e. The number of likely N-dealkylation sites (N-methyl/N-ethyl adjacent to an activating group) is 1. The number of halogens is 1. The van der Waals surface area contributed by atoms with Crippen LogP contribution in [0.4, 0.5) is 4.39 Å². The molecule has 6 heteroatoms. The van der Waals surface area contributed by atoms with Crippen LogP contribution in [0.5, 0.6) is 5.75 Å². The van der Waals surface area contributed by atoms with Crippen LogP contribution in [0.15, 0.2) is 35.1 Å². The fourth-order valence-corrected chi connectivity index (χ4v) is 3.99. The van der Waals surface area contributed by atoms with Crippen molar-refractivity contribution in [3.8, 4) is 5.75 Å². The number of aromatic nitrogens is 1. The zero-order chi connectivity index (χ0) is 19.6. The predicted octanol–water partition coefficient (Wildman–Crippen LogP) is 2.75. The molecule has 0 bridgehead atoms. The van der Waals surface area contributed by atoms with Crippen LogP contribution in [0, 0.1) is 12.7 Å². The lowest BCUT2D eigenvalue weighted by atomic mass is 9.96. The number of hydrogen-bond acceptors (Lipinski definition) is 4. The summed E-state index contributed by atoms with van der Waals surface area (Å²) in [5, 5.41) is 10.7. The Kier molecular flexibility index (Phi) is 5.97. The maximum absolute atomic E-state index is 14.0. The molecule has 5 nitrogen and oxygen atoms in total. The van der Waals surface area contributed by atoms with Gasteiger partial charge >= 0.3 is 0 Å². The van der Waals surface area contributed by atoms with Crippen LogP contribution in [0.2, 0.25) is 0 Å². The fourth-order valence-electron chi connectivity index (χ4n) is 3.99. The largest absolute Gasteiger partial charge is 0.507 e. The van der Waals surface area contributed by atoms with Gasteiger partial charge in [0.1, 0.15) is 11.6 Å². The van der Waals surface area contributed by atoms with E-state index in [1.54, 1.807) is 16.7 Å². The molecule has 1 fully saturated rings. The predicted molar refractivity (Wildman–Crippen MR) is 105 cm³/mol. The van der Waals surface area contributed by atoms with Gasteiger partial charge in [-0.15, -0.1) is 0 Å². The number of aryl methyl sites for hydroxylation is 1. The van der Waals surface area contributed by atoms with Crippen molar-refractivity contribution >= 4 is 0 Å². The highest BCUT2D eigenvalue weighted by Crippen LogP contribution is 2.33. The van der Waals surface area contributed by atoms with Crippen LogP contribution in [0.25, 0.3) is 0 Å². The minimum absolute atomic E-state index is 0.0191. The molecule has 0 spiro atoms. The minimum Gasteiger partial charge on any atom is -0.507 e. The summed E-state index contributed by atoms with van der Waals surface area (Å²) in [7, 11) is 0. The second-order valence-electron chi connectivity index (χ2n) is 7.06. The third-order valence-electron chi connectivity index (χ3n) is 5.50. The summed E-state index contributed by atoms with van der Waals surface area (Å²) >= 11 is 0. The Labute approximate surface area is 159 Å². The van der Waals surface area contributed by atoms with E-state index < -0.39 is 6.04 Å². The van der Waals surface area contributed by atoms with E-state index in [9.17, 15) is 14.3 Å². The molecule has 1 aliphatic heterocycles. The van der Waals surface area contributed by atoms with E-state index in [0.29, 0.717) is 17.7 Å². The number of piperazine rings is 1. The van der Waals surface area contributed by atoms with Crippen molar-refractivity contribution in [3.63, 3.8) is 0 Å². The van der Waals surface area contributed by atoms with Crippen LogP contribution in [-0.2, 0) is 6.54 Å². The van der Waals surface area contributed by atoms with Crippen LogP contribution < -0.4 is 5.56 Å². The standard InChI is InChI=1S/C21H28FN3O2/c1-4-23-9-11-24(12-10-23)20(16-7-6-8-17(22)14-16)19-18(26)13-15(3)25(5-2)21(19)27/h6-8,13-14,20,26H,4-5,9-12H2,1-3H3/t20-/m0/s1. The Morgan fingerprint density at radius 2 is 1.81 bits per heavy atom. The van der Waals surface area contributed by atoms with Crippen molar-refractivity contribution in [2.75, 3.05) is 32.7 Å². The third kappa shape index (κ3) is 3.92. The van der Waals surface area contributed by atoms with Crippen molar-refractivity contribution in [1.82, 2.24) is 14.4 Å². The molecule has 27 heavy (non-hydrogen) atoms. The number of rotatable bonds is 5. The monoisotopic (exact) mass is 373 g/mol. The molecule has 2 heterocycles. The Hall–Kier alpha value is -2.18. The average Bonchev–Trinajstić information content (AvgIpc) is 2.65. The summed E-state index contributed by atoms with van der Waals surface area (Å²) in [4.78, 5) is 17.7. The van der Waals surface area contributed by atoms with Crippen molar-refractivity contribution < 1.29 is 9.50 Å². The van der Waals surface area contributed by atoms with E-state index in [1.807, 2.05) is 19.9 Å². The summed E-state index contributed by atoms with van der Waals surface area (Å²) in [5.74, 6) is -0.360. The normalized spacial score (nSPS) is 17.2. The highest BCUT2D eigenvalue weighted by atomic mass is 19.1. The van der Waals surface area contributed by atoms with Gasteiger partial charge in [-0.25, -0.2) is 4.39 Å². The molecular formula is C21H28FN3O2. The van der Waals surface area contributed by atoms with Gasteiger partial charge in [-0.05, 0) is 44.2 Å². The molecule has 0 aliphatic carbocycles. The van der Waals surface area contributed by atoms with Crippen LogP contribution in [0.3, 0.4) is 0 Å². The van der Waals surface area contributed by atoms with Crippen molar-refractivity contribution in [3.05, 3.63) is 63.3 Å². The van der Waals surface area contributed by atoms with Crippen molar-refractivity contribution in [2.24, 2.45) is 0 Å². The lowest BCUT2D eigenvalue weighted by Crippen LogP contribution is -2.48. The molecular weight excluding hydrogens is 345 g/mol. The van der Waals surface area contributed by atoms with E-state index in [0.717, 1.165) is 38.4 Å². The second kappa shape index (κ2) is 8.23. The molecule has 1 atom stereocenters. The molecule has 0 amide bonds. The van der Waals surface area contributed by atoms with Gasteiger partial charge in [-0.1, -0.05) is 19.1 Å². The van der Waals surface area contributed by atoms with Gasteiger partial charge in [-0.3, -0.25) is 9.69 Å². The van der Waals surface area contributed by atoms with Gasteiger partial charge in [0.2, 0.25) is 0 Å². The Bertz CT molecular complexity index is 857. The lowest BCUT2D eigenvalue weighted by Gasteiger charge is -2.39. The molecule has 2 aromatic rings. The molecule has 0 saturated carbocycles. The van der Waals surface area contributed by atoms with Gasteiger partial charge in [0.05, 0.1) is 11.6 Å². The molecule has 1 aliphatic rings. The highest BCUT2D eigenvalue weighted by Gasteiger charge is 2.31. The first-order valence-electron chi connectivity index (χ1n) is 9.61. The maximum Gasteiger partial charge on any atom is 0.259 e. The molecule has 0 radical (unpaired) electrons. The minimum atomic E-state index is -0.467. The van der Waals surface area contributed by atoms with Gasteiger partial charge < -0.3 is 14.6 Å². The van der Waals surface area contributed by atoms with Crippen LogP contribution >= 0.6 is 0 Å². The number of hydrogen-bond donors (Lipinski definition) is 1. The summed E-state index contributed by atoms with van der Waals surface area (Å²) in [6, 6.07) is 7.51. The third-order valence-corrected chi connectivity index (χ3v) is 5.50. The zero-order valence-corrected chi connectivity index (χ0v) is 16.3. The van der Waals surface area contributed by atoms with Gasteiger partial charge in [-0.2, -0.15) is 0 Å². The van der Waals surface area contributed by atoms with Gasteiger partial charge in [0, 0.05) is 38.4 Å². The zero-order valence-electron chi connectivity index (χ0n) is 16.3. The van der Waals surface area contributed by atoms with Gasteiger partial charge in [0.25, 0.3) is 5.56 Å². The van der Waals surface area contributed by atoms with E-state index >= 15 is 0 Å². The first kappa shape index (κ1) is 19.6. The Balaban J connectivity index is 2.13. The molecule has 1 aromatic heterocycles. The van der Waals surface area contributed by atoms with E-state index in [4.69, 9.17) is 0 Å². The Morgan fingerprint density at radius 3 is 2.41 bits per heavy atom. The number of aromatic hydroxyl groups is 1. The van der Waals surface area contributed by atoms with Crippen molar-refractivity contribution in [2.45, 2.75) is 33.4 Å². The fraction of sp³-hybridized carbons (Fsp3) is 0.476. The first-order chi connectivity index (χ1) is 13.0. The van der Waals surface area contributed by atoms with Crippen LogP contribution in [-0.4, -0.2) is 52.2 Å². The highest BCUT2D eigenvalue weighted by molar-refractivity contribution is 5.41. The van der Waals surface area contributed by atoms with Crippen molar-refractivity contribution in [1.29, 1.82) is 0 Å².